The second-order valence-corrected chi connectivity index (χ2v) is 5.10. The van der Waals surface area contributed by atoms with Crippen molar-refractivity contribution in [1.82, 2.24) is 4.98 Å². The fourth-order valence-corrected chi connectivity index (χ4v) is 2.33. The van der Waals surface area contributed by atoms with Gasteiger partial charge < -0.3 is 11.1 Å². The Bertz CT molecular complexity index is 582. The number of aryl methyl sites for hydroxylation is 1. The molecular weight excluding hydrogens is 252 g/mol. The fraction of sp³-hybridized carbons (Fsp3) is 0.182. The van der Waals surface area contributed by atoms with Gasteiger partial charge in [-0.3, -0.25) is 10.1 Å². The molecule has 2 aromatic rings. The zero-order chi connectivity index (χ0) is 13.1. The SMILES string of the molecule is Cc1ccc(CNc2nc(N)ccc2[N+](=O)[O-])s1. The van der Waals surface area contributed by atoms with Crippen LogP contribution in [0, 0.1) is 17.0 Å². The summed E-state index contributed by atoms with van der Waals surface area (Å²) in [5, 5.41) is 13.8. The van der Waals surface area contributed by atoms with Crippen LogP contribution < -0.4 is 11.1 Å². The average molecular weight is 264 g/mol. The maximum absolute atomic E-state index is 10.8. The average Bonchev–Trinajstić information content (AvgIpc) is 2.72. The van der Waals surface area contributed by atoms with Crippen molar-refractivity contribution >= 4 is 28.7 Å². The Morgan fingerprint density at radius 2 is 2.22 bits per heavy atom. The number of nitro groups is 1. The molecule has 0 saturated heterocycles. The van der Waals surface area contributed by atoms with Crippen LogP contribution in [0.2, 0.25) is 0 Å². The predicted octanol–water partition coefficient (Wildman–Crippen LogP) is 2.55. The van der Waals surface area contributed by atoms with Crippen molar-refractivity contribution in [3.05, 3.63) is 44.1 Å². The largest absolute Gasteiger partial charge is 0.384 e. The van der Waals surface area contributed by atoms with E-state index in [0.29, 0.717) is 6.54 Å². The van der Waals surface area contributed by atoms with Crippen LogP contribution in [0.1, 0.15) is 9.75 Å². The van der Waals surface area contributed by atoms with Crippen molar-refractivity contribution in [1.29, 1.82) is 0 Å². The summed E-state index contributed by atoms with van der Waals surface area (Å²) in [4.78, 5) is 16.6. The van der Waals surface area contributed by atoms with Crippen molar-refractivity contribution in [3.63, 3.8) is 0 Å². The Hall–Kier alpha value is -2.15. The van der Waals surface area contributed by atoms with E-state index in [4.69, 9.17) is 5.73 Å². The first-order valence-electron chi connectivity index (χ1n) is 5.26. The molecule has 18 heavy (non-hydrogen) atoms. The van der Waals surface area contributed by atoms with Crippen molar-refractivity contribution in [2.75, 3.05) is 11.1 Å². The minimum Gasteiger partial charge on any atom is -0.384 e. The van der Waals surface area contributed by atoms with Crippen LogP contribution >= 0.6 is 11.3 Å². The van der Waals surface area contributed by atoms with Gasteiger partial charge in [-0.25, -0.2) is 4.98 Å². The molecule has 2 heterocycles. The summed E-state index contributed by atoms with van der Waals surface area (Å²) in [5.41, 5.74) is 5.46. The van der Waals surface area contributed by atoms with Gasteiger partial charge in [-0.05, 0) is 25.1 Å². The molecule has 6 nitrogen and oxygen atoms in total. The summed E-state index contributed by atoms with van der Waals surface area (Å²) in [5.74, 6) is 0.455. The quantitative estimate of drug-likeness (QED) is 0.653. The van der Waals surface area contributed by atoms with E-state index >= 15 is 0 Å². The lowest BCUT2D eigenvalue weighted by molar-refractivity contribution is -0.384. The number of rotatable bonds is 4. The monoisotopic (exact) mass is 264 g/mol. The molecule has 2 rings (SSSR count). The van der Waals surface area contributed by atoms with Crippen molar-refractivity contribution in [3.8, 4) is 0 Å². The highest BCUT2D eigenvalue weighted by Crippen LogP contribution is 2.24. The fourth-order valence-electron chi connectivity index (χ4n) is 1.50. The number of nitrogens with zero attached hydrogens (tertiary/aromatic N) is 2. The maximum atomic E-state index is 10.8. The first-order valence-corrected chi connectivity index (χ1v) is 6.08. The molecule has 0 spiro atoms. The molecule has 3 N–H and O–H groups in total. The molecule has 0 radical (unpaired) electrons. The van der Waals surface area contributed by atoms with Crippen LogP contribution in [0.15, 0.2) is 24.3 Å². The molecule has 0 aliphatic heterocycles. The highest BCUT2D eigenvalue weighted by molar-refractivity contribution is 7.11. The molecule has 0 atom stereocenters. The number of nitrogens with two attached hydrogens (primary N) is 1. The lowest BCUT2D eigenvalue weighted by Gasteiger charge is -2.05. The second-order valence-electron chi connectivity index (χ2n) is 3.73. The number of anilines is 2. The summed E-state index contributed by atoms with van der Waals surface area (Å²) >= 11 is 1.63. The molecule has 2 aromatic heterocycles. The summed E-state index contributed by atoms with van der Waals surface area (Å²) in [7, 11) is 0. The van der Waals surface area contributed by atoms with Gasteiger partial charge in [-0.1, -0.05) is 0 Å². The van der Waals surface area contributed by atoms with Gasteiger partial charge in [0, 0.05) is 15.8 Å². The normalized spacial score (nSPS) is 10.3. The van der Waals surface area contributed by atoms with Gasteiger partial charge in [0.05, 0.1) is 11.5 Å². The Balaban J connectivity index is 2.17. The third-order valence-electron chi connectivity index (χ3n) is 2.32. The van der Waals surface area contributed by atoms with Crippen LogP contribution in [-0.2, 0) is 6.54 Å². The molecule has 0 aliphatic carbocycles. The number of nitrogen functional groups attached to an aromatic ring is 1. The minimum atomic E-state index is -0.478. The highest BCUT2D eigenvalue weighted by atomic mass is 32.1. The van der Waals surface area contributed by atoms with E-state index < -0.39 is 4.92 Å². The van der Waals surface area contributed by atoms with Gasteiger partial charge in [-0.15, -0.1) is 11.3 Å². The number of nitrogens with one attached hydrogen (secondary N) is 1. The number of pyridine rings is 1. The van der Waals surface area contributed by atoms with E-state index in [-0.39, 0.29) is 17.3 Å². The Morgan fingerprint density at radius 3 is 2.83 bits per heavy atom. The molecule has 0 amide bonds. The Labute approximate surface area is 108 Å². The third-order valence-corrected chi connectivity index (χ3v) is 3.32. The predicted molar refractivity (Wildman–Crippen MR) is 71.7 cm³/mol. The standard InChI is InChI=1S/C11H12N4O2S/c1-7-2-3-8(18-7)6-13-11-9(15(16)17)4-5-10(12)14-11/h2-5H,6H2,1H3,(H3,12,13,14). The topological polar surface area (TPSA) is 94.1 Å². The molecule has 0 fully saturated rings. The second kappa shape index (κ2) is 5.01. The van der Waals surface area contributed by atoms with E-state index in [1.165, 1.54) is 17.0 Å². The Morgan fingerprint density at radius 1 is 1.44 bits per heavy atom. The van der Waals surface area contributed by atoms with Gasteiger partial charge in [0.25, 0.3) is 0 Å². The summed E-state index contributed by atoms with van der Waals surface area (Å²) in [6, 6.07) is 6.75. The maximum Gasteiger partial charge on any atom is 0.311 e. The van der Waals surface area contributed by atoms with E-state index in [2.05, 4.69) is 10.3 Å². The van der Waals surface area contributed by atoms with Gasteiger partial charge in [0.2, 0.25) is 5.82 Å². The van der Waals surface area contributed by atoms with Crippen LogP contribution in [0.25, 0.3) is 0 Å². The zero-order valence-electron chi connectivity index (χ0n) is 9.71. The van der Waals surface area contributed by atoms with Gasteiger partial charge >= 0.3 is 5.69 Å². The molecule has 7 heteroatoms. The first-order chi connectivity index (χ1) is 8.56. The summed E-state index contributed by atoms with van der Waals surface area (Å²) in [6.07, 6.45) is 0. The van der Waals surface area contributed by atoms with Crippen molar-refractivity contribution in [2.24, 2.45) is 0 Å². The van der Waals surface area contributed by atoms with Crippen molar-refractivity contribution < 1.29 is 4.92 Å². The summed E-state index contributed by atoms with van der Waals surface area (Å²) < 4.78 is 0. The highest BCUT2D eigenvalue weighted by Gasteiger charge is 2.15. The first kappa shape index (κ1) is 12.3. The van der Waals surface area contributed by atoms with Gasteiger partial charge in [-0.2, -0.15) is 0 Å². The smallest absolute Gasteiger partial charge is 0.311 e. The van der Waals surface area contributed by atoms with E-state index in [1.807, 2.05) is 19.1 Å². The summed E-state index contributed by atoms with van der Waals surface area (Å²) in [6.45, 7) is 2.51. The van der Waals surface area contributed by atoms with Gasteiger partial charge in [0.15, 0.2) is 0 Å². The van der Waals surface area contributed by atoms with E-state index in [9.17, 15) is 10.1 Å². The molecule has 0 aliphatic rings. The lowest BCUT2D eigenvalue weighted by atomic mass is 10.3. The molecule has 94 valence electrons. The molecule has 0 saturated carbocycles. The van der Waals surface area contributed by atoms with Crippen LogP contribution in [0.3, 0.4) is 0 Å². The Kier molecular flexibility index (Phi) is 3.42. The van der Waals surface area contributed by atoms with E-state index in [1.54, 1.807) is 11.3 Å². The molecule has 0 bridgehead atoms. The zero-order valence-corrected chi connectivity index (χ0v) is 10.5. The number of hydrogen-bond donors (Lipinski definition) is 2. The van der Waals surface area contributed by atoms with Crippen LogP contribution in [0.4, 0.5) is 17.3 Å². The third kappa shape index (κ3) is 2.75. The lowest BCUT2D eigenvalue weighted by Crippen LogP contribution is -2.05. The number of hydrogen-bond acceptors (Lipinski definition) is 6. The number of thiophene rings is 1. The molecular formula is C11H12N4O2S. The number of aromatic nitrogens is 1. The van der Waals surface area contributed by atoms with Crippen LogP contribution in [-0.4, -0.2) is 9.91 Å². The van der Waals surface area contributed by atoms with Gasteiger partial charge in [0.1, 0.15) is 5.82 Å². The van der Waals surface area contributed by atoms with Crippen molar-refractivity contribution in [2.45, 2.75) is 13.5 Å². The molecule has 0 aromatic carbocycles. The minimum absolute atomic E-state index is 0.0718. The van der Waals surface area contributed by atoms with E-state index in [0.717, 1.165) is 4.88 Å². The molecule has 0 unspecified atom stereocenters. The van der Waals surface area contributed by atoms with Crippen LogP contribution in [0.5, 0.6) is 0 Å².